The van der Waals surface area contributed by atoms with Gasteiger partial charge in [-0.15, -0.1) is 0 Å². The number of hydrogen-bond acceptors (Lipinski definition) is 6. The number of pyridine rings is 2. The van der Waals surface area contributed by atoms with E-state index in [0.717, 1.165) is 166 Å². The first-order valence-electron chi connectivity index (χ1n) is 38.6. The third-order valence-electron chi connectivity index (χ3n) is 22.0. The first-order valence-corrected chi connectivity index (χ1v) is 38.6. The van der Waals surface area contributed by atoms with Crippen LogP contribution in [0, 0.1) is 0 Å². The smallest absolute Gasteiger partial charge is 0.161 e. The van der Waals surface area contributed by atoms with Gasteiger partial charge in [0.2, 0.25) is 0 Å². The van der Waals surface area contributed by atoms with Crippen LogP contribution in [0.4, 0.5) is 0 Å². The number of nitrogens with zero attached hydrogens (tertiary/aromatic N) is 8. The van der Waals surface area contributed by atoms with Crippen LogP contribution in [-0.4, -0.2) is 39.0 Å². The van der Waals surface area contributed by atoms with Gasteiger partial charge < -0.3 is 9.13 Å². The molecular formula is C106H68N8. The summed E-state index contributed by atoms with van der Waals surface area (Å²) < 4.78 is 4.89. The molecular weight excluding hydrogens is 1390 g/mol. The van der Waals surface area contributed by atoms with Crippen molar-refractivity contribution >= 4 is 87.0 Å². The lowest BCUT2D eigenvalue weighted by Gasteiger charge is -2.16. The highest BCUT2D eigenvalue weighted by Gasteiger charge is 2.26. The van der Waals surface area contributed by atoms with Gasteiger partial charge in [0.1, 0.15) is 0 Å². The van der Waals surface area contributed by atoms with E-state index in [1.807, 2.05) is 36.4 Å². The van der Waals surface area contributed by atoms with Gasteiger partial charge in [-0.05, 0) is 87.6 Å². The van der Waals surface area contributed by atoms with Gasteiger partial charge >= 0.3 is 0 Å². The lowest BCUT2D eigenvalue weighted by Crippen LogP contribution is -2.00. The molecule has 0 bridgehead atoms. The van der Waals surface area contributed by atoms with Gasteiger partial charge in [0, 0.05) is 87.6 Å². The summed E-state index contributed by atoms with van der Waals surface area (Å²) in [6, 6.07) is 145. The molecule has 0 radical (unpaired) electrons. The van der Waals surface area contributed by atoms with E-state index in [1.165, 1.54) is 33.0 Å². The molecule has 22 aromatic rings. The van der Waals surface area contributed by atoms with Crippen LogP contribution in [0.15, 0.2) is 413 Å². The summed E-state index contributed by atoms with van der Waals surface area (Å²) >= 11 is 0. The summed E-state index contributed by atoms with van der Waals surface area (Å²) in [5, 5.41) is 11.3. The summed E-state index contributed by atoms with van der Waals surface area (Å²) in [7, 11) is 0. The van der Waals surface area contributed by atoms with Crippen molar-refractivity contribution in [3.63, 3.8) is 0 Å². The summed E-state index contributed by atoms with van der Waals surface area (Å²) in [6.45, 7) is 0. The van der Waals surface area contributed by atoms with E-state index in [0.29, 0.717) is 11.6 Å². The highest BCUT2D eigenvalue weighted by Crippen LogP contribution is 2.47. The van der Waals surface area contributed by atoms with E-state index in [4.69, 9.17) is 29.9 Å². The largest absolute Gasteiger partial charge is 0.308 e. The van der Waals surface area contributed by atoms with E-state index in [2.05, 4.69) is 385 Å². The van der Waals surface area contributed by atoms with Crippen LogP contribution in [0.1, 0.15) is 0 Å². The van der Waals surface area contributed by atoms with E-state index in [1.54, 1.807) is 0 Å². The molecule has 0 saturated heterocycles. The number of rotatable bonds is 12. The molecule has 0 aliphatic rings. The molecule has 532 valence electrons. The second-order valence-electron chi connectivity index (χ2n) is 28.7. The number of benzene rings is 16. The summed E-state index contributed by atoms with van der Waals surface area (Å²) in [6.07, 6.45) is 0. The first kappa shape index (κ1) is 66.8. The molecule has 0 fully saturated rings. The third kappa shape index (κ3) is 11.9. The number of para-hydroxylation sites is 4. The minimum Gasteiger partial charge on any atom is -0.308 e. The standard InChI is InChI=1S/2C53H34N4/c1-4-16-35(17-5-1)36-28-30-37(31-29-36)46-34-47(56-53(55-46)39-20-8-3-9-21-39)41-32-33-49(42-23-11-10-22-40(41)42)57-48-27-15-13-25-44(48)50-51(38-18-6-2-7-19-38)54-45-26-14-12-24-43(45)52(50)57;1-4-16-35(17-5-1)36-28-30-38(31-29-36)47-34-46(37-18-6-2-7-19-37)55-53(56-47)42-32-33-49(41-23-11-10-22-40(41)42)57-48-27-15-13-25-44(48)50-51(39-20-8-3-9-21-39)54-45-26-14-12-24-43(45)52(50)57/h2*1-34H. The van der Waals surface area contributed by atoms with Crippen molar-refractivity contribution in [1.82, 2.24) is 39.0 Å². The fraction of sp³-hybridized carbons (Fsp3) is 0. The predicted molar refractivity (Wildman–Crippen MR) is 473 cm³/mol. The molecule has 0 amide bonds. The van der Waals surface area contributed by atoms with Gasteiger partial charge in [-0.1, -0.05) is 358 Å². The Balaban J connectivity index is 0.000000143. The Labute approximate surface area is 658 Å². The molecule has 0 N–H and O–H groups in total. The number of hydrogen-bond donors (Lipinski definition) is 0. The Bertz CT molecular complexity index is 6970. The Kier molecular flexibility index (Phi) is 16.7. The maximum absolute atomic E-state index is 5.31. The van der Waals surface area contributed by atoms with Crippen molar-refractivity contribution in [2.24, 2.45) is 0 Å². The molecule has 0 atom stereocenters. The zero-order chi connectivity index (χ0) is 75.4. The van der Waals surface area contributed by atoms with Crippen LogP contribution < -0.4 is 0 Å². The van der Waals surface area contributed by atoms with Crippen molar-refractivity contribution in [3.05, 3.63) is 413 Å². The van der Waals surface area contributed by atoms with E-state index >= 15 is 0 Å². The van der Waals surface area contributed by atoms with Crippen molar-refractivity contribution in [1.29, 1.82) is 0 Å². The molecule has 8 nitrogen and oxygen atoms in total. The predicted octanol–water partition coefficient (Wildman–Crippen LogP) is 27.2. The van der Waals surface area contributed by atoms with Crippen LogP contribution >= 0.6 is 0 Å². The van der Waals surface area contributed by atoms with Crippen molar-refractivity contribution in [2.45, 2.75) is 0 Å². The molecule has 0 unspecified atom stereocenters. The topological polar surface area (TPSA) is 87.2 Å². The molecule has 8 heteroatoms. The average molecular weight is 1450 g/mol. The fourth-order valence-corrected chi connectivity index (χ4v) is 16.7. The van der Waals surface area contributed by atoms with Crippen LogP contribution in [-0.2, 0) is 0 Å². The summed E-state index contributed by atoms with van der Waals surface area (Å²) in [5.41, 5.74) is 27.2. The zero-order valence-corrected chi connectivity index (χ0v) is 61.8. The average Bonchev–Trinajstić information content (AvgIpc) is 1.54. The minimum absolute atomic E-state index is 0.685. The Hall–Kier alpha value is -15.4. The second-order valence-corrected chi connectivity index (χ2v) is 28.7. The van der Waals surface area contributed by atoms with Gasteiger partial charge in [-0.2, -0.15) is 0 Å². The van der Waals surface area contributed by atoms with Gasteiger partial charge in [0.25, 0.3) is 0 Å². The molecule has 0 spiro atoms. The van der Waals surface area contributed by atoms with Crippen LogP contribution in [0.25, 0.3) is 211 Å². The van der Waals surface area contributed by atoms with E-state index in [9.17, 15) is 0 Å². The SMILES string of the molecule is c1ccc(-c2ccc(-c3cc(-c4ccc(-n5c6ccccc6c6c(-c7ccccc7)nc7ccccc7c65)c5ccccc45)nc(-c4ccccc4)n3)cc2)cc1.c1ccc(-c2ccc(-c3cc(-c4ccccc4)nc(-c4ccc(-n5c6ccccc6c6c(-c7ccccc7)nc7ccccc7c65)c5ccccc45)n3)cc2)cc1. The third-order valence-corrected chi connectivity index (χ3v) is 22.0. The van der Waals surface area contributed by atoms with Gasteiger partial charge in [-0.25, -0.2) is 29.9 Å². The second kappa shape index (κ2) is 28.6. The number of aromatic nitrogens is 8. The molecule has 22 rings (SSSR count). The maximum atomic E-state index is 5.31. The minimum atomic E-state index is 0.685. The number of fused-ring (bicyclic) bond motifs is 12. The lowest BCUT2D eigenvalue weighted by molar-refractivity contribution is 1.18. The van der Waals surface area contributed by atoms with Gasteiger partial charge in [-0.3, -0.25) is 0 Å². The van der Waals surface area contributed by atoms with Gasteiger partial charge in [0.05, 0.1) is 78.6 Å². The van der Waals surface area contributed by atoms with Crippen LogP contribution in [0.3, 0.4) is 0 Å². The molecule has 0 aliphatic heterocycles. The van der Waals surface area contributed by atoms with Crippen LogP contribution in [0.2, 0.25) is 0 Å². The van der Waals surface area contributed by atoms with Crippen molar-refractivity contribution < 1.29 is 0 Å². The Morgan fingerprint density at radius 2 is 0.465 bits per heavy atom. The summed E-state index contributed by atoms with van der Waals surface area (Å²) in [4.78, 5) is 31.6. The van der Waals surface area contributed by atoms with E-state index < -0.39 is 0 Å². The summed E-state index contributed by atoms with van der Waals surface area (Å²) in [5.74, 6) is 1.38. The van der Waals surface area contributed by atoms with Crippen molar-refractivity contribution in [2.75, 3.05) is 0 Å². The lowest BCUT2D eigenvalue weighted by atomic mass is 9.98. The quantitative estimate of drug-likeness (QED) is 0.121. The normalized spacial score (nSPS) is 11.5. The van der Waals surface area contributed by atoms with Crippen molar-refractivity contribution in [3.8, 4) is 124 Å². The molecule has 16 aromatic carbocycles. The highest BCUT2D eigenvalue weighted by atomic mass is 15.0. The van der Waals surface area contributed by atoms with E-state index in [-0.39, 0.29) is 0 Å². The Morgan fingerprint density at radius 1 is 0.175 bits per heavy atom. The first-order chi connectivity index (χ1) is 56.6. The zero-order valence-electron chi connectivity index (χ0n) is 61.8. The monoisotopic (exact) mass is 1450 g/mol. The maximum Gasteiger partial charge on any atom is 0.161 e. The Morgan fingerprint density at radius 3 is 0.904 bits per heavy atom. The highest BCUT2D eigenvalue weighted by molar-refractivity contribution is 6.25. The van der Waals surface area contributed by atoms with Gasteiger partial charge in [0.15, 0.2) is 11.6 Å². The molecule has 0 aliphatic carbocycles. The molecule has 0 saturated carbocycles. The molecule has 114 heavy (non-hydrogen) atoms. The fourth-order valence-electron chi connectivity index (χ4n) is 16.7. The molecule has 6 heterocycles. The molecule has 6 aromatic heterocycles. The van der Waals surface area contributed by atoms with Crippen LogP contribution in [0.5, 0.6) is 0 Å².